The molecular formula is C10H20ClNO. The van der Waals surface area contributed by atoms with Crippen molar-refractivity contribution in [2.24, 2.45) is 0 Å². The molecule has 0 aromatic carbocycles. The van der Waals surface area contributed by atoms with E-state index in [1.807, 2.05) is 0 Å². The summed E-state index contributed by atoms with van der Waals surface area (Å²) < 4.78 is 0. The second kappa shape index (κ2) is 7.20. The van der Waals surface area contributed by atoms with Gasteiger partial charge in [0, 0.05) is 0 Å². The molecule has 0 aromatic rings. The summed E-state index contributed by atoms with van der Waals surface area (Å²) in [6.45, 7) is 10.4. The third-order valence-electron chi connectivity index (χ3n) is 1.59. The van der Waals surface area contributed by atoms with Gasteiger partial charge in [-0.1, -0.05) is 25.7 Å². The first-order valence-electron chi connectivity index (χ1n) is 4.44. The Morgan fingerprint density at radius 3 is 2.00 bits per heavy atom. The fourth-order valence-electron chi connectivity index (χ4n) is 0.815. The Labute approximate surface area is 87.7 Å². The fraction of sp³-hybridized carbons (Fsp3) is 0.800. The molecule has 0 heterocycles. The second-order valence-corrected chi connectivity index (χ2v) is 3.32. The number of nitrogens with zero attached hydrogens (tertiary/aromatic N) is 1. The summed E-state index contributed by atoms with van der Waals surface area (Å²) in [6, 6.07) is 0. The minimum Gasteiger partial charge on any atom is -0.378 e. The van der Waals surface area contributed by atoms with Crippen molar-refractivity contribution in [2.45, 2.75) is 33.3 Å². The molecule has 0 amide bonds. The van der Waals surface area contributed by atoms with E-state index >= 15 is 0 Å². The van der Waals surface area contributed by atoms with E-state index in [9.17, 15) is 5.11 Å². The molecule has 0 saturated heterocycles. The maximum absolute atomic E-state index is 9.28. The van der Waals surface area contributed by atoms with Gasteiger partial charge in [0.25, 0.3) is 0 Å². The van der Waals surface area contributed by atoms with E-state index in [1.54, 1.807) is 13.8 Å². The minimum atomic E-state index is -0.854. The summed E-state index contributed by atoms with van der Waals surface area (Å²) >= 11 is 0. The predicted molar refractivity (Wildman–Crippen MR) is 59.1 cm³/mol. The van der Waals surface area contributed by atoms with Crippen molar-refractivity contribution >= 4 is 12.4 Å². The van der Waals surface area contributed by atoms with Gasteiger partial charge in [0.1, 0.15) is 5.60 Å². The van der Waals surface area contributed by atoms with Crippen LogP contribution in [0.1, 0.15) is 27.7 Å². The normalized spacial score (nSPS) is 10.3. The van der Waals surface area contributed by atoms with Gasteiger partial charge in [0.05, 0.1) is 6.54 Å². The zero-order chi connectivity index (χ0) is 9.61. The van der Waals surface area contributed by atoms with Crippen LogP contribution in [0.4, 0.5) is 0 Å². The molecule has 13 heavy (non-hydrogen) atoms. The van der Waals surface area contributed by atoms with E-state index < -0.39 is 5.60 Å². The number of aliphatic hydroxyl groups is 1. The smallest absolute Gasteiger partial charge is 0.120 e. The quantitative estimate of drug-likeness (QED) is 0.707. The van der Waals surface area contributed by atoms with Gasteiger partial charge in [-0.15, -0.1) is 12.4 Å². The summed E-state index contributed by atoms with van der Waals surface area (Å²) in [5, 5.41) is 9.28. The predicted octanol–water partition coefficient (Wildman–Crippen LogP) is 1.52. The van der Waals surface area contributed by atoms with Crippen LogP contribution in [-0.2, 0) is 0 Å². The number of hydrogen-bond donors (Lipinski definition) is 1. The average molecular weight is 206 g/mol. The first kappa shape index (κ1) is 15.3. The van der Waals surface area contributed by atoms with Crippen LogP contribution in [0.5, 0.6) is 0 Å². The lowest BCUT2D eigenvalue weighted by Gasteiger charge is -2.14. The van der Waals surface area contributed by atoms with Crippen molar-refractivity contribution in [1.82, 2.24) is 4.90 Å². The molecule has 0 aliphatic rings. The molecular weight excluding hydrogens is 186 g/mol. The average Bonchev–Trinajstić information content (AvgIpc) is 1.96. The standard InChI is InChI=1S/C10H19NO.ClH/c1-5-11(6-2)9-7-8-10(3,4)12;/h12H,5-6,9H2,1-4H3;1H. The fourth-order valence-corrected chi connectivity index (χ4v) is 0.815. The molecule has 3 heteroatoms. The maximum atomic E-state index is 9.28. The number of halogens is 1. The van der Waals surface area contributed by atoms with Crippen molar-refractivity contribution in [2.75, 3.05) is 19.6 Å². The lowest BCUT2D eigenvalue weighted by Crippen LogP contribution is -2.23. The van der Waals surface area contributed by atoms with Crippen molar-refractivity contribution in [3.63, 3.8) is 0 Å². The lowest BCUT2D eigenvalue weighted by atomic mass is 10.1. The summed E-state index contributed by atoms with van der Waals surface area (Å²) in [7, 11) is 0. The van der Waals surface area contributed by atoms with Gasteiger partial charge in [-0.25, -0.2) is 0 Å². The maximum Gasteiger partial charge on any atom is 0.120 e. The molecule has 0 bridgehead atoms. The van der Waals surface area contributed by atoms with Gasteiger partial charge in [-0.3, -0.25) is 4.90 Å². The van der Waals surface area contributed by atoms with Gasteiger partial charge in [-0.2, -0.15) is 0 Å². The highest BCUT2D eigenvalue weighted by Crippen LogP contribution is 1.96. The third-order valence-corrected chi connectivity index (χ3v) is 1.59. The highest BCUT2D eigenvalue weighted by molar-refractivity contribution is 5.85. The van der Waals surface area contributed by atoms with E-state index in [-0.39, 0.29) is 12.4 Å². The Bertz CT molecular complexity index is 172. The molecule has 0 spiro atoms. The Morgan fingerprint density at radius 2 is 1.69 bits per heavy atom. The van der Waals surface area contributed by atoms with Crippen molar-refractivity contribution in [3.05, 3.63) is 0 Å². The number of rotatable bonds is 3. The molecule has 2 nitrogen and oxygen atoms in total. The van der Waals surface area contributed by atoms with Gasteiger partial charge in [0.2, 0.25) is 0 Å². The molecule has 0 unspecified atom stereocenters. The number of hydrogen-bond acceptors (Lipinski definition) is 2. The summed E-state index contributed by atoms with van der Waals surface area (Å²) in [4.78, 5) is 2.21. The van der Waals surface area contributed by atoms with Crippen LogP contribution in [-0.4, -0.2) is 35.2 Å². The van der Waals surface area contributed by atoms with Crippen LogP contribution in [0.25, 0.3) is 0 Å². The molecule has 0 aromatic heterocycles. The molecule has 1 N–H and O–H groups in total. The SMILES string of the molecule is CCN(CC)CC#CC(C)(C)O.Cl. The Kier molecular flexibility index (Phi) is 8.45. The van der Waals surface area contributed by atoms with Gasteiger partial charge in [0.15, 0.2) is 0 Å². The zero-order valence-corrected chi connectivity index (χ0v) is 9.74. The van der Waals surface area contributed by atoms with Crippen molar-refractivity contribution < 1.29 is 5.11 Å². The highest BCUT2D eigenvalue weighted by Gasteiger charge is 2.05. The molecule has 0 rings (SSSR count). The van der Waals surface area contributed by atoms with Crippen LogP contribution in [0, 0.1) is 11.8 Å². The van der Waals surface area contributed by atoms with Crippen LogP contribution in [0.3, 0.4) is 0 Å². The summed E-state index contributed by atoms with van der Waals surface area (Å²) in [6.07, 6.45) is 0. The molecule has 0 radical (unpaired) electrons. The Hall–Kier alpha value is -0.230. The van der Waals surface area contributed by atoms with Crippen molar-refractivity contribution in [3.8, 4) is 11.8 Å². The molecule has 0 saturated carbocycles. The van der Waals surface area contributed by atoms with Gasteiger partial charge in [-0.05, 0) is 26.9 Å². The summed E-state index contributed by atoms with van der Waals surface area (Å²) in [5.74, 6) is 5.74. The molecule has 0 atom stereocenters. The molecule has 0 aliphatic heterocycles. The second-order valence-electron chi connectivity index (χ2n) is 3.32. The topological polar surface area (TPSA) is 23.5 Å². The zero-order valence-electron chi connectivity index (χ0n) is 8.92. The molecule has 0 fully saturated rings. The largest absolute Gasteiger partial charge is 0.378 e. The van der Waals surface area contributed by atoms with E-state index in [0.29, 0.717) is 0 Å². The van der Waals surface area contributed by atoms with Crippen LogP contribution in [0.2, 0.25) is 0 Å². The Morgan fingerprint density at radius 1 is 1.23 bits per heavy atom. The highest BCUT2D eigenvalue weighted by atomic mass is 35.5. The first-order chi connectivity index (χ1) is 5.49. The van der Waals surface area contributed by atoms with E-state index in [1.165, 1.54) is 0 Å². The van der Waals surface area contributed by atoms with E-state index in [2.05, 4.69) is 30.6 Å². The van der Waals surface area contributed by atoms with Gasteiger partial charge < -0.3 is 5.11 Å². The van der Waals surface area contributed by atoms with Crippen LogP contribution in [0.15, 0.2) is 0 Å². The molecule has 78 valence electrons. The third kappa shape index (κ3) is 9.69. The van der Waals surface area contributed by atoms with Crippen LogP contribution < -0.4 is 0 Å². The monoisotopic (exact) mass is 205 g/mol. The summed E-state index contributed by atoms with van der Waals surface area (Å²) in [5.41, 5.74) is -0.854. The van der Waals surface area contributed by atoms with Crippen LogP contribution >= 0.6 is 12.4 Å². The first-order valence-corrected chi connectivity index (χ1v) is 4.44. The van der Waals surface area contributed by atoms with E-state index in [0.717, 1.165) is 19.6 Å². The van der Waals surface area contributed by atoms with Crippen molar-refractivity contribution in [1.29, 1.82) is 0 Å². The van der Waals surface area contributed by atoms with E-state index in [4.69, 9.17) is 0 Å². The minimum absolute atomic E-state index is 0. The Balaban J connectivity index is 0. The molecule has 0 aliphatic carbocycles. The van der Waals surface area contributed by atoms with Gasteiger partial charge >= 0.3 is 0 Å². The lowest BCUT2D eigenvalue weighted by molar-refractivity contribution is 0.143.